The number of ether oxygens (including phenoxy) is 1. The van der Waals surface area contributed by atoms with Gasteiger partial charge in [-0.15, -0.1) is 0 Å². The summed E-state index contributed by atoms with van der Waals surface area (Å²) in [6.07, 6.45) is -1.75. The van der Waals surface area contributed by atoms with Gasteiger partial charge in [0, 0.05) is 6.54 Å². The van der Waals surface area contributed by atoms with E-state index in [2.05, 4.69) is 20.3 Å². The van der Waals surface area contributed by atoms with Crippen molar-refractivity contribution in [3.05, 3.63) is 48.5 Å². The van der Waals surface area contributed by atoms with Crippen LogP contribution in [0.1, 0.15) is 11.8 Å². The first-order valence-electron chi connectivity index (χ1n) is 8.26. The molecule has 3 heterocycles. The Morgan fingerprint density at radius 1 is 1.08 bits per heavy atom. The number of aliphatic hydroxyl groups excluding tert-OH is 3. The molecule has 1 aliphatic rings. The lowest BCUT2D eigenvalue weighted by Crippen LogP contribution is -2.50. The van der Waals surface area contributed by atoms with Gasteiger partial charge in [-0.1, -0.05) is 30.3 Å². The molecule has 0 spiro atoms. The van der Waals surface area contributed by atoms with E-state index in [-0.39, 0.29) is 6.61 Å². The largest absolute Gasteiger partial charge is 0.388 e. The fraction of sp³-hybridized carbons (Fsp3) is 0.353. The Balaban J connectivity index is 1.61. The second-order valence-electron chi connectivity index (χ2n) is 6.16. The quantitative estimate of drug-likeness (QED) is 0.516. The zero-order chi connectivity index (χ0) is 18.1. The molecule has 4 rings (SSSR count). The van der Waals surface area contributed by atoms with Crippen molar-refractivity contribution in [3.8, 4) is 0 Å². The number of fused-ring (bicyclic) bond motifs is 1. The summed E-state index contributed by atoms with van der Waals surface area (Å²) in [5.41, 5.74) is 2.09. The van der Waals surface area contributed by atoms with Crippen LogP contribution >= 0.6 is 0 Å². The molecule has 3 aromatic rings. The minimum atomic E-state index is -1.30. The molecule has 0 unspecified atom stereocenters. The maximum atomic E-state index is 10.2. The Morgan fingerprint density at radius 2 is 1.88 bits per heavy atom. The second-order valence-corrected chi connectivity index (χ2v) is 6.16. The fourth-order valence-corrected chi connectivity index (χ4v) is 2.98. The minimum absolute atomic E-state index is 0.0905. The van der Waals surface area contributed by atoms with Gasteiger partial charge < -0.3 is 25.4 Å². The number of hydrogen-bond acceptors (Lipinski definition) is 8. The molecule has 9 nitrogen and oxygen atoms in total. The maximum Gasteiger partial charge on any atom is 0.167 e. The smallest absolute Gasteiger partial charge is 0.167 e. The predicted octanol–water partition coefficient (Wildman–Crippen LogP) is 0.0499. The molecule has 1 saturated heterocycles. The summed E-state index contributed by atoms with van der Waals surface area (Å²) in [4.78, 5) is 12.8. The van der Waals surface area contributed by atoms with E-state index in [1.165, 1.54) is 17.2 Å². The highest BCUT2D eigenvalue weighted by Crippen LogP contribution is 2.28. The highest BCUT2D eigenvalue weighted by molar-refractivity contribution is 5.82. The first-order chi connectivity index (χ1) is 12.6. The van der Waals surface area contributed by atoms with Crippen LogP contribution in [0.3, 0.4) is 0 Å². The topological polar surface area (TPSA) is 126 Å². The van der Waals surface area contributed by atoms with Crippen LogP contribution in [0.5, 0.6) is 0 Å². The standard InChI is InChI=1S/C17H19N5O4/c23-11-7-26-17(14(25)13(11)24)22-9-21-12-15(19-8-20-16(12)22)18-6-10-4-2-1-3-5-10/h1-5,8-9,11,13-14,17,23-25H,6-7H2,(H,18,19,20)/t11-,13-,14-,17-/m1/s1. The SMILES string of the molecule is O[C@@H]1[C@H](O)[C@H](O)CO[C@H]1n1cnc2c(NCc3ccccc3)ncnc21. The molecule has 9 heteroatoms. The number of aromatic nitrogens is 4. The lowest BCUT2D eigenvalue weighted by atomic mass is 10.0. The molecule has 136 valence electrons. The summed E-state index contributed by atoms with van der Waals surface area (Å²) in [6.45, 7) is 0.486. The van der Waals surface area contributed by atoms with Crippen molar-refractivity contribution in [2.24, 2.45) is 0 Å². The first-order valence-corrected chi connectivity index (χ1v) is 8.26. The number of nitrogens with zero attached hydrogens (tertiary/aromatic N) is 4. The molecule has 0 amide bonds. The number of anilines is 1. The van der Waals surface area contributed by atoms with E-state index in [9.17, 15) is 15.3 Å². The van der Waals surface area contributed by atoms with E-state index >= 15 is 0 Å². The third-order valence-corrected chi connectivity index (χ3v) is 4.41. The zero-order valence-electron chi connectivity index (χ0n) is 13.8. The summed E-state index contributed by atoms with van der Waals surface area (Å²) >= 11 is 0. The van der Waals surface area contributed by atoms with Gasteiger partial charge in [-0.25, -0.2) is 15.0 Å². The maximum absolute atomic E-state index is 10.2. The summed E-state index contributed by atoms with van der Waals surface area (Å²) in [5.74, 6) is 0.559. The molecule has 0 radical (unpaired) electrons. The predicted molar refractivity (Wildman–Crippen MR) is 92.1 cm³/mol. The van der Waals surface area contributed by atoms with E-state index < -0.39 is 24.5 Å². The average Bonchev–Trinajstić information content (AvgIpc) is 3.10. The van der Waals surface area contributed by atoms with Crippen molar-refractivity contribution in [1.82, 2.24) is 19.5 Å². The monoisotopic (exact) mass is 357 g/mol. The Morgan fingerprint density at radius 3 is 2.69 bits per heavy atom. The lowest BCUT2D eigenvalue weighted by Gasteiger charge is -2.35. The van der Waals surface area contributed by atoms with Crippen molar-refractivity contribution in [2.45, 2.75) is 31.1 Å². The third-order valence-electron chi connectivity index (χ3n) is 4.41. The molecule has 0 aliphatic carbocycles. The van der Waals surface area contributed by atoms with Crippen molar-refractivity contribution >= 4 is 17.0 Å². The van der Waals surface area contributed by atoms with Crippen molar-refractivity contribution in [1.29, 1.82) is 0 Å². The lowest BCUT2D eigenvalue weighted by molar-refractivity contribution is -0.210. The number of hydrogen-bond donors (Lipinski definition) is 4. The summed E-state index contributed by atoms with van der Waals surface area (Å²) in [5, 5.41) is 32.9. The number of aliphatic hydroxyl groups is 3. The Labute approximate surface area is 148 Å². The van der Waals surface area contributed by atoms with E-state index in [1.54, 1.807) is 0 Å². The average molecular weight is 357 g/mol. The van der Waals surface area contributed by atoms with Gasteiger partial charge in [-0.3, -0.25) is 4.57 Å². The zero-order valence-corrected chi connectivity index (χ0v) is 13.8. The number of rotatable bonds is 4. The van der Waals surface area contributed by atoms with E-state index in [0.29, 0.717) is 23.5 Å². The highest BCUT2D eigenvalue weighted by atomic mass is 16.5. The van der Waals surface area contributed by atoms with Gasteiger partial charge in [-0.05, 0) is 5.56 Å². The molecule has 26 heavy (non-hydrogen) atoms. The van der Waals surface area contributed by atoms with Gasteiger partial charge in [-0.2, -0.15) is 0 Å². The van der Waals surface area contributed by atoms with E-state index in [1.807, 2.05) is 30.3 Å². The van der Waals surface area contributed by atoms with Gasteiger partial charge in [0.2, 0.25) is 0 Å². The van der Waals surface area contributed by atoms with Gasteiger partial charge >= 0.3 is 0 Å². The van der Waals surface area contributed by atoms with Gasteiger partial charge in [0.1, 0.15) is 24.6 Å². The van der Waals surface area contributed by atoms with Crippen LogP contribution in [0.4, 0.5) is 5.82 Å². The molecule has 0 bridgehead atoms. The second kappa shape index (κ2) is 6.96. The van der Waals surface area contributed by atoms with Crippen molar-refractivity contribution in [3.63, 3.8) is 0 Å². The fourth-order valence-electron chi connectivity index (χ4n) is 2.98. The van der Waals surface area contributed by atoms with Crippen molar-refractivity contribution in [2.75, 3.05) is 11.9 Å². The number of nitrogens with one attached hydrogen (secondary N) is 1. The molecule has 4 atom stereocenters. The van der Waals surface area contributed by atoms with Crippen LogP contribution in [0.15, 0.2) is 43.0 Å². The van der Waals surface area contributed by atoms with Gasteiger partial charge in [0.15, 0.2) is 23.2 Å². The van der Waals surface area contributed by atoms with Gasteiger partial charge in [0.25, 0.3) is 0 Å². The molecule has 1 fully saturated rings. The third kappa shape index (κ3) is 3.01. The Kier molecular flexibility index (Phi) is 4.51. The van der Waals surface area contributed by atoms with E-state index in [0.717, 1.165) is 5.56 Å². The molecule has 0 saturated carbocycles. The van der Waals surface area contributed by atoms with Gasteiger partial charge in [0.05, 0.1) is 12.9 Å². The van der Waals surface area contributed by atoms with Crippen LogP contribution in [-0.4, -0.2) is 59.8 Å². The van der Waals surface area contributed by atoms with Crippen LogP contribution in [0.25, 0.3) is 11.2 Å². The molecule has 2 aromatic heterocycles. The van der Waals surface area contributed by atoms with Crippen LogP contribution in [0, 0.1) is 0 Å². The molecular formula is C17H19N5O4. The number of benzene rings is 1. The molecule has 1 aromatic carbocycles. The summed E-state index contributed by atoms with van der Waals surface area (Å²) < 4.78 is 7.01. The minimum Gasteiger partial charge on any atom is -0.388 e. The Hall–Kier alpha value is -2.59. The first kappa shape index (κ1) is 16.9. The Bertz CT molecular complexity index is 887. The molecular weight excluding hydrogens is 338 g/mol. The number of imidazole rings is 1. The summed E-state index contributed by atoms with van der Waals surface area (Å²) in [6, 6.07) is 9.88. The molecule has 1 aliphatic heterocycles. The highest BCUT2D eigenvalue weighted by Gasteiger charge is 2.39. The normalized spacial score (nSPS) is 26.1. The van der Waals surface area contributed by atoms with E-state index in [4.69, 9.17) is 4.74 Å². The van der Waals surface area contributed by atoms with Crippen molar-refractivity contribution < 1.29 is 20.1 Å². The molecule has 4 N–H and O–H groups in total. The summed E-state index contributed by atoms with van der Waals surface area (Å²) in [7, 11) is 0. The van der Waals surface area contributed by atoms with Crippen LogP contribution < -0.4 is 5.32 Å². The van der Waals surface area contributed by atoms with Crippen LogP contribution in [-0.2, 0) is 11.3 Å². The van der Waals surface area contributed by atoms with Crippen LogP contribution in [0.2, 0.25) is 0 Å².